The van der Waals surface area contributed by atoms with Crippen LogP contribution in [-0.2, 0) is 19.5 Å². The first-order valence-corrected chi connectivity index (χ1v) is 11.8. The Morgan fingerprint density at radius 1 is 1.10 bits per heavy atom. The molecule has 0 radical (unpaired) electrons. The summed E-state index contributed by atoms with van der Waals surface area (Å²) in [5.74, 6) is 0.356. The van der Waals surface area contributed by atoms with Crippen LogP contribution in [0, 0.1) is 0 Å². The molecule has 0 aliphatic carbocycles. The number of hydrogen-bond acceptors (Lipinski definition) is 6. The second-order valence-electron chi connectivity index (χ2n) is 7.04. The molecule has 8 nitrogen and oxygen atoms in total. The van der Waals surface area contributed by atoms with Gasteiger partial charge in [-0.05, 0) is 68.3 Å². The van der Waals surface area contributed by atoms with E-state index in [2.05, 4.69) is 10.0 Å². The lowest BCUT2D eigenvalue weighted by Gasteiger charge is -2.12. The average molecular weight is 449 g/mol. The smallest absolute Gasteiger partial charge is 0.255 e. The molecule has 0 aromatic heterocycles. The van der Waals surface area contributed by atoms with Crippen molar-refractivity contribution in [3.63, 3.8) is 0 Å². The van der Waals surface area contributed by atoms with E-state index in [-0.39, 0.29) is 23.5 Å². The summed E-state index contributed by atoms with van der Waals surface area (Å²) in [6.45, 7) is 4.44. The first-order valence-electron chi connectivity index (χ1n) is 10.3. The van der Waals surface area contributed by atoms with Gasteiger partial charge >= 0.3 is 0 Å². The fourth-order valence-corrected chi connectivity index (χ4v) is 4.14. The fraction of sp³-hybridized carbons (Fsp3) is 0.409. The number of amides is 1. The lowest BCUT2D eigenvalue weighted by molar-refractivity contribution is 0.102. The van der Waals surface area contributed by atoms with Gasteiger partial charge in [0.25, 0.3) is 5.91 Å². The van der Waals surface area contributed by atoms with Crippen molar-refractivity contribution in [3.8, 4) is 5.75 Å². The van der Waals surface area contributed by atoms with E-state index in [9.17, 15) is 13.2 Å². The number of nitrogens with one attached hydrogen (secondary N) is 2. The van der Waals surface area contributed by atoms with Gasteiger partial charge < -0.3 is 19.5 Å². The predicted molar refractivity (Wildman–Crippen MR) is 117 cm³/mol. The van der Waals surface area contributed by atoms with Crippen LogP contribution >= 0.6 is 0 Å². The maximum Gasteiger partial charge on any atom is 0.255 e. The third-order valence-corrected chi connectivity index (χ3v) is 6.20. The molecule has 31 heavy (non-hydrogen) atoms. The van der Waals surface area contributed by atoms with Gasteiger partial charge in [0.2, 0.25) is 10.0 Å². The van der Waals surface area contributed by atoms with Crippen molar-refractivity contribution in [2.24, 2.45) is 0 Å². The van der Waals surface area contributed by atoms with Gasteiger partial charge in [0.1, 0.15) is 12.4 Å². The summed E-state index contributed by atoms with van der Waals surface area (Å²) in [6.07, 6.45) is 1.73. The van der Waals surface area contributed by atoms with Crippen LogP contribution in [0.3, 0.4) is 0 Å². The molecule has 9 heteroatoms. The maximum atomic E-state index is 12.4. The highest BCUT2D eigenvalue weighted by Gasteiger charge is 2.20. The number of rotatable bonds is 11. The normalized spacial score (nSPS) is 16.2. The van der Waals surface area contributed by atoms with E-state index in [1.807, 2.05) is 6.92 Å². The minimum absolute atomic E-state index is 0.0743. The third kappa shape index (κ3) is 7.03. The average Bonchev–Trinajstić information content (AvgIpc) is 3.30. The summed E-state index contributed by atoms with van der Waals surface area (Å²) in [4.78, 5) is 12.6. The number of carbonyl (C=O) groups excluding carboxylic acids is 1. The van der Waals surface area contributed by atoms with Crippen molar-refractivity contribution >= 4 is 21.6 Å². The highest BCUT2D eigenvalue weighted by Crippen LogP contribution is 2.18. The molecule has 1 fully saturated rings. The summed E-state index contributed by atoms with van der Waals surface area (Å²) in [7, 11) is -3.63. The van der Waals surface area contributed by atoms with Gasteiger partial charge in [-0.2, -0.15) is 0 Å². The van der Waals surface area contributed by atoms with Gasteiger partial charge in [-0.3, -0.25) is 4.79 Å². The summed E-state index contributed by atoms with van der Waals surface area (Å²) in [5, 5.41) is 2.76. The maximum absolute atomic E-state index is 12.4. The molecule has 0 saturated carbocycles. The molecule has 1 aliphatic rings. The molecule has 0 spiro atoms. The third-order valence-electron chi connectivity index (χ3n) is 4.76. The highest BCUT2D eigenvalue weighted by atomic mass is 32.2. The van der Waals surface area contributed by atoms with Gasteiger partial charge in [-0.25, -0.2) is 13.1 Å². The SMILES string of the molecule is CCOCCOc1ccc(C(=O)Nc2ccc(S(=O)(=O)NCC3CCCO3)cc2)cc1. The summed E-state index contributed by atoms with van der Waals surface area (Å²) >= 11 is 0. The molecule has 1 aliphatic heterocycles. The van der Waals surface area contributed by atoms with Gasteiger partial charge in [-0.1, -0.05) is 0 Å². The Balaban J connectivity index is 1.52. The van der Waals surface area contributed by atoms with Crippen LogP contribution in [0.1, 0.15) is 30.1 Å². The molecule has 1 amide bonds. The fourth-order valence-electron chi connectivity index (χ4n) is 3.08. The Hall–Kier alpha value is -2.46. The van der Waals surface area contributed by atoms with Crippen LogP contribution in [0.2, 0.25) is 0 Å². The molecular weight excluding hydrogens is 420 g/mol. The van der Waals surface area contributed by atoms with Crippen molar-refractivity contribution in [1.29, 1.82) is 0 Å². The lowest BCUT2D eigenvalue weighted by atomic mass is 10.2. The number of ether oxygens (including phenoxy) is 3. The van der Waals surface area contributed by atoms with Gasteiger partial charge in [0.15, 0.2) is 0 Å². The van der Waals surface area contributed by atoms with Crippen molar-refractivity contribution < 1.29 is 27.4 Å². The van der Waals surface area contributed by atoms with E-state index in [0.717, 1.165) is 12.8 Å². The monoisotopic (exact) mass is 448 g/mol. The van der Waals surface area contributed by atoms with Gasteiger partial charge in [-0.15, -0.1) is 0 Å². The molecular formula is C22H28N2O6S. The van der Waals surface area contributed by atoms with Crippen LogP contribution in [-0.4, -0.2) is 53.4 Å². The Morgan fingerprint density at radius 3 is 2.48 bits per heavy atom. The summed E-state index contributed by atoms with van der Waals surface area (Å²) in [5.41, 5.74) is 0.965. The Kier molecular flexibility index (Phi) is 8.42. The molecule has 1 unspecified atom stereocenters. The number of hydrogen-bond donors (Lipinski definition) is 2. The van der Waals surface area contributed by atoms with Crippen molar-refractivity contribution in [3.05, 3.63) is 54.1 Å². The molecule has 2 aromatic carbocycles. The largest absolute Gasteiger partial charge is 0.491 e. The minimum Gasteiger partial charge on any atom is -0.491 e. The van der Waals surface area contributed by atoms with Gasteiger partial charge in [0, 0.05) is 31.0 Å². The van der Waals surface area contributed by atoms with E-state index in [1.54, 1.807) is 36.4 Å². The lowest BCUT2D eigenvalue weighted by Crippen LogP contribution is -2.31. The molecule has 2 aromatic rings. The highest BCUT2D eigenvalue weighted by molar-refractivity contribution is 7.89. The Bertz CT molecular complexity index is 939. The molecule has 168 valence electrons. The molecule has 0 bridgehead atoms. The van der Waals surface area contributed by atoms with E-state index >= 15 is 0 Å². The molecule has 1 heterocycles. The van der Waals surface area contributed by atoms with Gasteiger partial charge in [0.05, 0.1) is 17.6 Å². The molecule has 2 N–H and O–H groups in total. The zero-order chi connectivity index (χ0) is 22.1. The van der Waals surface area contributed by atoms with Crippen LogP contribution < -0.4 is 14.8 Å². The topological polar surface area (TPSA) is 103 Å². The Morgan fingerprint density at radius 2 is 1.84 bits per heavy atom. The summed E-state index contributed by atoms with van der Waals surface area (Å²) < 4.78 is 43.6. The Labute approximate surface area is 182 Å². The number of anilines is 1. The number of sulfonamides is 1. The second kappa shape index (κ2) is 11.2. The predicted octanol–water partition coefficient (Wildman–Crippen LogP) is 2.81. The standard InChI is InChI=1S/C22H28N2O6S/c1-2-28-14-15-30-19-9-5-17(6-10-19)22(25)24-18-7-11-21(12-8-18)31(26,27)23-16-20-4-3-13-29-20/h5-12,20,23H,2-4,13-16H2,1H3,(H,24,25). The van der Waals surface area contributed by atoms with E-state index < -0.39 is 10.0 Å². The quantitative estimate of drug-likeness (QED) is 0.513. The molecule has 1 atom stereocenters. The van der Waals surface area contributed by atoms with Crippen molar-refractivity contribution in [2.45, 2.75) is 30.8 Å². The van der Waals surface area contributed by atoms with Crippen LogP contribution in [0.15, 0.2) is 53.4 Å². The van der Waals surface area contributed by atoms with E-state index in [1.165, 1.54) is 12.1 Å². The number of benzene rings is 2. The zero-order valence-corrected chi connectivity index (χ0v) is 18.3. The molecule has 3 rings (SSSR count). The summed E-state index contributed by atoms with van der Waals surface area (Å²) in [6, 6.07) is 12.8. The van der Waals surface area contributed by atoms with Crippen molar-refractivity contribution in [2.75, 3.05) is 38.3 Å². The first-order chi connectivity index (χ1) is 15.0. The second-order valence-corrected chi connectivity index (χ2v) is 8.80. The minimum atomic E-state index is -3.63. The van der Waals surface area contributed by atoms with Crippen LogP contribution in [0.4, 0.5) is 5.69 Å². The van der Waals surface area contributed by atoms with Crippen LogP contribution in [0.5, 0.6) is 5.75 Å². The van der Waals surface area contributed by atoms with Crippen LogP contribution in [0.25, 0.3) is 0 Å². The molecule has 1 saturated heterocycles. The van der Waals surface area contributed by atoms with Crippen molar-refractivity contribution in [1.82, 2.24) is 4.72 Å². The van der Waals surface area contributed by atoms with E-state index in [4.69, 9.17) is 14.2 Å². The first kappa shape index (κ1) is 23.2. The zero-order valence-electron chi connectivity index (χ0n) is 17.5. The van der Waals surface area contributed by atoms with E-state index in [0.29, 0.717) is 43.4 Å². The number of carbonyl (C=O) groups is 1.